The summed E-state index contributed by atoms with van der Waals surface area (Å²) in [6, 6.07) is 0.595. The van der Waals surface area contributed by atoms with E-state index in [0.29, 0.717) is 18.6 Å². The second kappa shape index (κ2) is 5.62. The normalized spacial score (nSPS) is 28.5. The average Bonchev–Trinajstić information content (AvgIpc) is 3.00. The van der Waals surface area contributed by atoms with E-state index < -0.39 is 0 Å². The quantitative estimate of drug-likeness (QED) is 0.759. The van der Waals surface area contributed by atoms with Gasteiger partial charge >= 0.3 is 0 Å². The maximum atomic E-state index is 12.8. The van der Waals surface area contributed by atoms with Crippen molar-refractivity contribution in [3.05, 3.63) is 11.6 Å². The van der Waals surface area contributed by atoms with Crippen LogP contribution in [0, 0.1) is 6.92 Å². The molecular formula is C15H23N5O2. The summed E-state index contributed by atoms with van der Waals surface area (Å²) in [4.78, 5) is 17.2. The molecule has 4 rings (SSSR count). The summed E-state index contributed by atoms with van der Waals surface area (Å²) >= 11 is 0. The number of aromatic nitrogens is 3. The van der Waals surface area contributed by atoms with Crippen LogP contribution in [0.4, 0.5) is 0 Å². The number of ether oxygens (including phenoxy) is 1. The van der Waals surface area contributed by atoms with E-state index in [-0.39, 0.29) is 5.91 Å². The van der Waals surface area contributed by atoms with Crippen molar-refractivity contribution in [1.82, 2.24) is 24.6 Å². The van der Waals surface area contributed by atoms with E-state index >= 15 is 0 Å². The topological polar surface area (TPSA) is 63.5 Å². The number of carbonyl (C=O) groups is 1. The van der Waals surface area contributed by atoms with Crippen LogP contribution in [0.1, 0.15) is 24.5 Å². The highest BCUT2D eigenvalue weighted by molar-refractivity contribution is 5.79. The van der Waals surface area contributed by atoms with E-state index in [9.17, 15) is 4.79 Å². The summed E-state index contributed by atoms with van der Waals surface area (Å²) in [5.41, 5.74) is 0. The molecule has 7 heteroatoms. The van der Waals surface area contributed by atoms with Gasteiger partial charge in [-0.15, -0.1) is 10.2 Å². The third kappa shape index (κ3) is 2.42. The van der Waals surface area contributed by atoms with Crippen LogP contribution in [-0.2, 0) is 22.5 Å². The Morgan fingerprint density at radius 2 is 2.00 bits per heavy atom. The molecule has 120 valence electrons. The van der Waals surface area contributed by atoms with Crippen molar-refractivity contribution in [1.29, 1.82) is 0 Å². The van der Waals surface area contributed by atoms with Gasteiger partial charge in [-0.05, 0) is 19.8 Å². The molecule has 2 saturated heterocycles. The number of amides is 1. The average molecular weight is 305 g/mol. The van der Waals surface area contributed by atoms with Crippen LogP contribution < -0.4 is 0 Å². The largest absolute Gasteiger partial charge is 0.379 e. The third-order valence-corrected chi connectivity index (χ3v) is 5.19. The molecule has 3 aliphatic rings. The first-order chi connectivity index (χ1) is 10.7. The maximum absolute atomic E-state index is 12.8. The summed E-state index contributed by atoms with van der Waals surface area (Å²) < 4.78 is 7.55. The van der Waals surface area contributed by atoms with Gasteiger partial charge in [-0.1, -0.05) is 0 Å². The highest BCUT2D eigenvalue weighted by Gasteiger charge is 2.41. The number of hydrogen-bond donors (Lipinski definition) is 0. The number of fused-ring (bicyclic) bond motifs is 3. The predicted octanol–water partition coefficient (Wildman–Crippen LogP) is -0.166. The smallest absolute Gasteiger partial charge is 0.237 e. The number of morpholine rings is 1. The number of aryl methyl sites for hydroxylation is 1. The number of rotatable bonds is 2. The second-order valence-electron chi connectivity index (χ2n) is 6.55. The monoisotopic (exact) mass is 305 g/mol. The Morgan fingerprint density at radius 3 is 2.82 bits per heavy atom. The zero-order valence-corrected chi connectivity index (χ0v) is 13.1. The minimum atomic E-state index is 0.269. The first kappa shape index (κ1) is 14.1. The zero-order valence-electron chi connectivity index (χ0n) is 13.1. The van der Waals surface area contributed by atoms with Gasteiger partial charge in [0.25, 0.3) is 0 Å². The minimum absolute atomic E-state index is 0.269. The van der Waals surface area contributed by atoms with Crippen LogP contribution in [0.5, 0.6) is 0 Å². The molecule has 2 atom stereocenters. The molecule has 0 N–H and O–H groups in total. The Bertz CT molecular complexity index is 566. The molecule has 0 aliphatic carbocycles. The summed E-state index contributed by atoms with van der Waals surface area (Å²) in [5.74, 6) is 2.27. The first-order valence-electron chi connectivity index (χ1n) is 8.22. The molecule has 1 amide bonds. The van der Waals surface area contributed by atoms with Gasteiger partial charge in [-0.25, -0.2) is 0 Å². The third-order valence-electron chi connectivity index (χ3n) is 5.19. The van der Waals surface area contributed by atoms with Crippen LogP contribution in [0.2, 0.25) is 0 Å². The van der Waals surface area contributed by atoms with E-state index in [1.165, 1.54) is 0 Å². The summed E-state index contributed by atoms with van der Waals surface area (Å²) in [5, 5.41) is 8.48. The Morgan fingerprint density at radius 1 is 1.23 bits per heavy atom. The molecule has 22 heavy (non-hydrogen) atoms. The number of carbonyl (C=O) groups excluding carboxylic acids is 1. The molecule has 7 nitrogen and oxygen atoms in total. The Balaban J connectivity index is 1.49. The van der Waals surface area contributed by atoms with E-state index in [2.05, 4.69) is 24.6 Å². The SMILES string of the molecule is Cc1nnc2n1CC1CCC(C2)N1C(=O)CN1CCOCC1. The first-order valence-corrected chi connectivity index (χ1v) is 8.22. The molecule has 3 aliphatic heterocycles. The van der Waals surface area contributed by atoms with Gasteiger partial charge in [0.1, 0.15) is 11.6 Å². The standard InChI is InChI=1S/C15H23N5O2/c1-11-16-17-14-8-12-2-3-13(9-19(11)14)20(12)15(21)10-18-4-6-22-7-5-18/h12-13H,2-10H2,1H3. The van der Waals surface area contributed by atoms with Crippen molar-refractivity contribution in [3.63, 3.8) is 0 Å². The lowest BCUT2D eigenvalue weighted by molar-refractivity contribution is -0.136. The molecular weight excluding hydrogens is 282 g/mol. The lowest BCUT2D eigenvalue weighted by Crippen LogP contribution is -2.49. The molecule has 0 aromatic carbocycles. The van der Waals surface area contributed by atoms with Crippen LogP contribution >= 0.6 is 0 Å². The molecule has 1 aromatic heterocycles. The van der Waals surface area contributed by atoms with Crippen LogP contribution in [0.25, 0.3) is 0 Å². The summed E-state index contributed by atoms with van der Waals surface area (Å²) in [6.45, 7) is 6.56. The van der Waals surface area contributed by atoms with E-state index in [4.69, 9.17) is 4.74 Å². The molecule has 4 heterocycles. The van der Waals surface area contributed by atoms with E-state index in [0.717, 1.165) is 63.8 Å². The van der Waals surface area contributed by atoms with Gasteiger partial charge in [-0.3, -0.25) is 9.69 Å². The van der Waals surface area contributed by atoms with Gasteiger partial charge in [0.15, 0.2) is 0 Å². The van der Waals surface area contributed by atoms with Gasteiger partial charge in [-0.2, -0.15) is 0 Å². The predicted molar refractivity (Wildman–Crippen MR) is 79.4 cm³/mol. The molecule has 2 unspecified atom stereocenters. The Kier molecular flexibility index (Phi) is 3.62. The fraction of sp³-hybridized carbons (Fsp3) is 0.800. The number of nitrogens with zero attached hydrogens (tertiary/aromatic N) is 5. The van der Waals surface area contributed by atoms with E-state index in [1.807, 2.05) is 6.92 Å². The summed E-state index contributed by atoms with van der Waals surface area (Å²) in [7, 11) is 0. The van der Waals surface area contributed by atoms with Crippen LogP contribution in [0.15, 0.2) is 0 Å². The Hall–Kier alpha value is -1.47. The van der Waals surface area contributed by atoms with Gasteiger partial charge in [0.2, 0.25) is 5.91 Å². The van der Waals surface area contributed by atoms with Crippen molar-refractivity contribution in [2.24, 2.45) is 0 Å². The van der Waals surface area contributed by atoms with Crippen LogP contribution in [-0.4, -0.2) is 75.4 Å². The molecule has 0 saturated carbocycles. The Labute approximate surface area is 130 Å². The number of hydrogen-bond acceptors (Lipinski definition) is 5. The van der Waals surface area contributed by atoms with Crippen molar-refractivity contribution in [2.45, 2.75) is 44.8 Å². The van der Waals surface area contributed by atoms with Gasteiger partial charge in [0.05, 0.1) is 25.8 Å². The molecule has 2 bridgehead atoms. The van der Waals surface area contributed by atoms with Crippen molar-refractivity contribution in [3.8, 4) is 0 Å². The highest BCUT2D eigenvalue weighted by Crippen LogP contribution is 2.31. The van der Waals surface area contributed by atoms with Gasteiger partial charge < -0.3 is 14.2 Å². The molecule has 1 aromatic rings. The van der Waals surface area contributed by atoms with Gasteiger partial charge in [0, 0.05) is 32.1 Å². The van der Waals surface area contributed by atoms with Crippen molar-refractivity contribution in [2.75, 3.05) is 32.8 Å². The second-order valence-corrected chi connectivity index (χ2v) is 6.55. The van der Waals surface area contributed by atoms with Crippen molar-refractivity contribution >= 4 is 5.91 Å². The van der Waals surface area contributed by atoms with Crippen LogP contribution in [0.3, 0.4) is 0 Å². The highest BCUT2D eigenvalue weighted by atomic mass is 16.5. The fourth-order valence-corrected chi connectivity index (χ4v) is 4.02. The van der Waals surface area contributed by atoms with Crippen molar-refractivity contribution < 1.29 is 9.53 Å². The fourth-order valence-electron chi connectivity index (χ4n) is 4.02. The molecule has 2 fully saturated rings. The molecule has 0 radical (unpaired) electrons. The molecule has 0 spiro atoms. The summed E-state index contributed by atoms with van der Waals surface area (Å²) in [6.07, 6.45) is 3.02. The van der Waals surface area contributed by atoms with E-state index in [1.54, 1.807) is 0 Å². The zero-order chi connectivity index (χ0) is 15.1. The lowest BCUT2D eigenvalue weighted by Gasteiger charge is -2.32. The lowest BCUT2D eigenvalue weighted by atomic mass is 10.1. The maximum Gasteiger partial charge on any atom is 0.237 e. The minimum Gasteiger partial charge on any atom is -0.379 e.